The Hall–Kier alpha value is -2.20. The van der Waals surface area contributed by atoms with Crippen molar-refractivity contribution in [3.05, 3.63) is 48.5 Å². The van der Waals surface area contributed by atoms with Crippen molar-refractivity contribution in [2.45, 2.75) is 45.1 Å². The van der Waals surface area contributed by atoms with E-state index in [1.54, 1.807) is 0 Å². The van der Waals surface area contributed by atoms with Gasteiger partial charge < -0.3 is 20.1 Å². The smallest absolute Gasteiger partial charge is 0.119 e. The van der Waals surface area contributed by atoms with E-state index in [1.807, 2.05) is 55.5 Å². The third kappa shape index (κ3) is 5.95. The van der Waals surface area contributed by atoms with Crippen LogP contribution >= 0.6 is 0 Å². The molecule has 2 aromatic carbocycles. The molecule has 1 aliphatic carbocycles. The third-order valence-corrected chi connectivity index (χ3v) is 4.72. The first-order valence-corrected chi connectivity index (χ1v) is 9.79. The molecular weight excluding hydrogens is 324 g/mol. The summed E-state index contributed by atoms with van der Waals surface area (Å²) in [5.74, 6) is 1.80. The van der Waals surface area contributed by atoms with Crippen molar-refractivity contribution in [2.24, 2.45) is 0 Å². The monoisotopic (exact) mass is 354 g/mol. The van der Waals surface area contributed by atoms with Crippen LogP contribution < -0.4 is 20.1 Å². The zero-order chi connectivity index (χ0) is 18.0. The lowest BCUT2D eigenvalue weighted by Crippen LogP contribution is -2.34. The molecule has 1 aliphatic rings. The van der Waals surface area contributed by atoms with E-state index < -0.39 is 0 Å². The first-order chi connectivity index (χ1) is 12.8. The van der Waals surface area contributed by atoms with Gasteiger partial charge in [-0.25, -0.2) is 0 Å². The van der Waals surface area contributed by atoms with Gasteiger partial charge in [0.25, 0.3) is 0 Å². The first-order valence-electron chi connectivity index (χ1n) is 9.79. The highest BCUT2D eigenvalue weighted by atomic mass is 16.5. The van der Waals surface area contributed by atoms with E-state index in [4.69, 9.17) is 9.47 Å². The van der Waals surface area contributed by atoms with Gasteiger partial charge in [-0.15, -0.1) is 0 Å². The van der Waals surface area contributed by atoms with E-state index in [2.05, 4.69) is 10.6 Å². The molecule has 1 fully saturated rings. The highest BCUT2D eigenvalue weighted by molar-refractivity contribution is 5.60. The number of rotatable bonds is 9. The summed E-state index contributed by atoms with van der Waals surface area (Å²) in [6.07, 6.45) is 6.74. The van der Waals surface area contributed by atoms with Gasteiger partial charge in [-0.05, 0) is 68.3 Å². The molecule has 2 N–H and O–H groups in total. The number of benzene rings is 2. The molecule has 4 heteroatoms. The predicted molar refractivity (Wildman–Crippen MR) is 108 cm³/mol. The van der Waals surface area contributed by atoms with E-state index >= 15 is 0 Å². The molecule has 3 rings (SSSR count). The summed E-state index contributed by atoms with van der Waals surface area (Å²) in [5, 5.41) is 6.99. The number of hydrogen-bond acceptors (Lipinski definition) is 4. The molecule has 1 saturated carbocycles. The molecule has 0 aliphatic heterocycles. The fraction of sp³-hybridized carbons (Fsp3) is 0.455. The Labute approximate surface area is 156 Å². The zero-order valence-electron chi connectivity index (χ0n) is 15.7. The van der Waals surface area contributed by atoms with Gasteiger partial charge in [0.05, 0.1) is 6.61 Å². The second-order valence-corrected chi connectivity index (χ2v) is 6.74. The molecule has 0 heterocycles. The molecular formula is C22H30N2O2. The van der Waals surface area contributed by atoms with E-state index in [9.17, 15) is 0 Å². The van der Waals surface area contributed by atoms with Crippen molar-refractivity contribution < 1.29 is 9.47 Å². The molecule has 0 atom stereocenters. The molecule has 0 aromatic heterocycles. The predicted octanol–water partition coefficient (Wildman–Crippen LogP) is 5.13. The molecule has 4 nitrogen and oxygen atoms in total. The van der Waals surface area contributed by atoms with E-state index in [0.29, 0.717) is 19.3 Å². The Morgan fingerprint density at radius 3 is 1.96 bits per heavy atom. The lowest BCUT2D eigenvalue weighted by molar-refractivity contribution is 0.289. The molecule has 0 amide bonds. The average molecular weight is 354 g/mol. The van der Waals surface area contributed by atoms with Gasteiger partial charge in [0.2, 0.25) is 0 Å². The van der Waals surface area contributed by atoms with Gasteiger partial charge in [0.1, 0.15) is 18.1 Å². The zero-order valence-corrected chi connectivity index (χ0v) is 15.7. The van der Waals surface area contributed by atoms with Crippen molar-refractivity contribution in [1.29, 1.82) is 0 Å². The molecule has 2 aromatic rings. The molecule has 0 saturated heterocycles. The van der Waals surface area contributed by atoms with Crippen LogP contribution in [-0.2, 0) is 0 Å². The molecule has 140 valence electrons. The minimum Gasteiger partial charge on any atom is -0.494 e. The van der Waals surface area contributed by atoms with E-state index in [0.717, 1.165) is 29.4 Å². The van der Waals surface area contributed by atoms with Crippen LogP contribution in [0.3, 0.4) is 0 Å². The minimum atomic E-state index is 0.685. The fourth-order valence-corrected chi connectivity index (χ4v) is 3.34. The maximum absolute atomic E-state index is 5.84. The molecule has 0 unspecified atom stereocenters. The van der Waals surface area contributed by atoms with Gasteiger partial charge in [-0.3, -0.25) is 0 Å². The fourth-order valence-electron chi connectivity index (χ4n) is 3.34. The Morgan fingerprint density at radius 2 is 1.38 bits per heavy atom. The second kappa shape index (κ2) is 10.1. The van der Waals surface area contributed by atoms with Crippen LogP contribution in [-0.4, -0.2) is 25.8 Å². The Morgan fingerprint density at radius 1 is 0.808 bits per heavy atom. The second-order valence-electron chi connectivity index (χ2n) is 6.74. The van der Waals surface area contributed by atoms with Crippen LogP contribution in [0, 0.1) is 0 Å². The number of ether oxygens (including phenoxy) is 2. The maximum atomic E-state index is 5.84. The van der Waals surface area contributed by atoms with Crippen molar-refractivity contribution >= 4 is 11.4 Å². The summed E-state index contributed by atoms with van der Waals surface area (Å²) < 4.78 is 11.3. The maximum Gasteiger partial charge on any atom is 0.119 e. The van der Waals surface area contributed by atoms with Crippen molar-refractivity contribution in [1.82, 2.24) is 5.32 Å². The van der Waals surface area contributed by atoms with Crippen molar-refractivity contribution in [3.63, 3.8) is 0 Å². The summed E-state index contributed by atoms with van der Waals surface area (Å²) in [7, 11) is 0. The Balaban J connectivity index is 1.40. The summed E-state index contributed by atoms with van der Waals surface area (Å²) in [5.41, 5.74) is 2.08. The summed E-state index contributed by atoms with van der Waals surface area (Å²) in [6.45, 7) is 4.30. The SMILES string of the molecule is CCOc1ccc(Nc2ccc(OCCNC3CCCCC3)cc2)cc1. The standard InChI is InChI=1S/C22H30N2O2/c1-2-25-21-12-8-19(9-13-21)24-20-10-14-22(15-11-20)26-17-16-23-18-6-4-3-5-7-18/h8-15,18,23-24H,2-7,16-17H2,1H3. The molecule has 0 radical (unpaired) electrons. The molecule has 0 bridgehead atoms. The lowest BCUT2D eigenvalue weighted by Gasteiger charge is -2.22. The minimum absolute atomic E-state index is 0.685. The quantitative estimate of drug-likeness (QED) is 0.613. The van der Waals surface area contributed by atoms with E-state index in [1.165, 1.54) is 32.1 Å². The van der Waals surface area contributed by atoms with Crippen molar-refractivity contribution in [2.75, 3.05) is 25.1 Å². The third-order valence-electron chi connectivity index (χ3n) is 4.72. The van der Waals surface area contributed by atoms with Crippen LogP contribution in [0.25, 0.3) is 0 Å². The highest BCUT2D eigenvalue weighted by Crippen LogP contribution is 2.22. The van der Waals surface area contributed by atoms with Gasteiger partial charge in [-0.1, -0.05) is 19.3 Å². The summed E-state index contributed by atoms with van der Waals surface area (Å²) in [4.78, 5) is 0. The first kappa shape index (κ1) is 18.6. The number of anilines is 2. The molecule has 0 spiro atoms. The molecule has 26 heavy (non-hydrogen) atoms. The van der Waals surface area contributed by atoms with Crippen LogP contribution in [0.1, 0.15) is 39.0 Å². The lowest BCUT2D eigenvalue weighted by atomic mass is 9.96. The van der Waals surface area contributed by atoms with Crippen molar-refractivity contribution in [3.8, 4) is 11.5 Å². The largest absolute Gasteiger partial charge is 0.494 e. The summed E-state index contributed by atoms with van der Waals surface area (Å²) >= 11 is 0. The highest BCUT2D eigenvalue weighted by Gasteiger charge is 2.11. The Kier molecular flexibility index (Phi) is 7.20. The number of hydrogen-bond donors (Lipinski definition) is 2. The average Bonchev–Trinajstić information content (AvgIpc) is 2.69. The summed E-state index contributed by atoms with van der Waals surface area (Å²) in [6, 6.07) is 16.8. The van der Waals surface area contributed by atoms with Crippen LogP contribution in [0.4, 0.5) is 11.4 Å². The Bertz CT molecular complexity index is 634. The van der Waals surface area contributed by atoms with Crippen LogP contribution in [0.2, 0.25) is 0 Å². The van der Waals surface area contributed by atoms with Gasteiger partial charge in [-0.2, -0.15) is 0 Å². The topological polar surface area (TPSA) is 42.5 Å². The van der Waals surface area contributed by atoms with Gasteiger partial charge in [0, 0.05) is 24.0 Å². The van der Waals surface area contributed by atoms with E-state index in [-0.39, 0.29) is 0 Å². The van der Waals surface area contributed by atoms with Crippen LogP contribution in [0.15, 0.2) is 48.5 Å². The van der Waals surface area contributed by atoms with Crippen LogP contribution in [0.5, 0.6) is 11.5 Å². The van der Waals surface area contributed by atoms with Gasteiger partial charge >= 0.3 is 0 Å². The normalized spacial score (nSPS) is 14.8. The number of nitrogens with one attached hydrogen (secondary N) is 2. The van der Waals surface area contributed by atoms with Gasteiger partial charge in [0.15, 0.2) is 0 Å².